The maximum atomic E-state index is 11.1. The summed E-state index contributed by atoms with van der Waals surface area (Å²) in [7, 11) is 6.83. The molecule has 4 saturated heterocycles. The van der Waals surface area contributed by atoms with E-state index in [1.807, 2.05) is 37.6 Å². The number of thiocarbonyl (C=S) groups is 4. The first-order valence-electron chi connectivity index (χ1n) is 19.8. The minimum absolute atomic E-state index is 0. The number of hydrogen-bond donors (Lipinski definition) is 3. The van der Waals surface area contributed by atoms with Crippen molar-refractivity contribution in [2.45, 2.75) is 100 Å². The fraction of sp³-hybridized carbons (Fsp3) is 0.553. The lowest BCUT2D eigenvalue weighted by atomic mass is 10.3. The Morgan fingerprint density at radius 2 is 0.944 bits per heavy atom. The molecule has 6 amide bonds. The monoisotopic (exact) mass is 1100 g/mol. The molecule has 0 aliphatic carbocycles. The number of urea groups is 2. The Hall–Kier alpha value is -6.05. The van der Waals surface area contributed by atoms with Crippen LogP contribution in [0.5, 0.6) is 11.5 Å². The number of likely N-dealkylation sites (N-methyl/N-ethyl adjacent to an activating group) is 8. The van der Waals surface area contributed by atoms with Crippen LogP contribution in [0.2, 0.25) is 0 Å². The topological polar surface area (TPSA) is 241 Å². The van der Waals surface area contributed by atoms with E-state index in [1.54, 1.807) is 39.8 Å². The molecular formula is C47H85N9O12S4. The lowest BCUT2D eigenvalue weighted by Gasteiger charge is -2.14. The van der Waals surface area contributed by atoms with Crippen LogP contribution in [0.25, 0.3) is 0 Å². The van der Waals surface area contributed by atoms with Gasteiger partial charge in [0.1, 0.15) is 41.1 Å². The molecule has 3 aromatic rings. The zero-order valence-corrected chi connectivity index (χ0v) is 41.5. The molecule has 3 aromatic heterocycles. The Balaban J connectivity index is -0.000000135. The van der Waals surface area contributed by atoms with Crippen LogP contribution in [-0.2, 0) is 9.59 Å². The van der Waals surface area contributed by atoms with Crippen LogP contribution in [0.4, 0.5) is 9.59 Å². The SMILES string of the molecule is C.C.C.C.C.C.C.CCN1CC(=O)N(C)C1=O.CCN1CC(=O)N(C)C1=S.CCN1CC(=S)N(C)C1=O.CCN1CC(=S)N(C)C1=S.Cc1cc(=O)c(O)co1.Cc1co[nH]c1=O.Cc1cocc(O)c1=O. The lowest BCUT2D eigenvalue weighted by Crippen LogP contribution is -2.29. The number of carbonyl (C=O) groups excluding carboxylic acids is 4. The van der Waals surface area contributed by atoms with Crippen molar-refractivity contribution >= 4 is 92.9 Å². The van der Waals surface area contributed by atoms with E-state index >= 15 is 0 Å². The van der Waals surface area contributed by atoms with E-state index in [0.717, 1.165) is 53.7 Å². The van der Waals surface area contributed by atoms with Gasteiger partial charge in [-0.2, -0.15) is 5.16 Å². The second-order valence-electron chi connectivity index (χ2n) is 13.9. The summed E-state index contributed by atoms with van der Waals surface area (Å²) in [6.45, 7) is 18.0. The van der Waals surface area contributed by atoms with Gasteiger partial charge in [-0.15, -0.1) is 0 Å². The van der Waals surface area contributed by atoms with Gasteiger partial charge in [-0.3, -0.25) is 38.7 Å². The van der Waals surface area contributed by atoms with Crippen LogP contribution in [0.1, 0.15) is 96.6 Å². The standard InChI is InChI=1S/C6H10N2O2.2C6H10N2OS.C6H10N2S2.2C6H6O3.C4H5NO2.7CH4/c1-3-8-4-5(9)7(2)6(8)10;1-3-8-4-5(10)7(2)6(8)9;2*1-3-8-4-5(9)7(2)6(8)10;1-4-2-9-3-5(7)6(4)8;1-4-2-5(7)6(8)3-9-4;1-3-2-7-5-4(3)6;;;;;;;/h4*3-4H2,1-2H3;2-3,7H,1H3;2-3,8H,1H3;2H,1H3,(H,5,6);7*1H4. The fourth-order valence-corrected chi connectivity index (χ4v) is 6.06. The Morgan fingerprint density at radius 1 is 0.528 bits per heavy atom. The molecule has 0 saturated carbocycles. The summed E-state index contributed by atoms with van der Waals surface area (Å²) in [5.74, 6) is -0.216. The molecule has 0 unspecified atom stereocenters. The molecule has 7 rings (SSSR count). The molecule has 21 nitrogen and oxygen atoms in total. The third-order valence-corrected chi connectivity index (χ3v) is 11.1. The lowest BCUT2D eigenvalue weighted by molar-refractivity contribution is -0.125. The van der Waals surface area contributed by atoms with E-state index < -0.39 is 5.43 Å². The quantitative estimate of drug-likeness (QED) is 0.169. The van der Waals surface area contributed by atoms with Gasteiger partial charge in [-0.25, -0.2) is 9.59 Å². The first-order valence-corrected chi connectivity index (χ1v) is 21.4. The Morgan fingerprint density at radius 3 is 1.18 bits per heavy atom. The number of aryl methyl sites for hydroxylation is 3. The van der Waals surface area contributed by atoms with Gasteiger partial charge in [-0.1, -0.05) is 76.4 Å². The van der Waals surface area contributed by atoms with Crippen molar-refractivity contribution in [2.24, 2.45) is 0 Å². The Labute approximate surface area is 449 Å². The Kier molecular flexibility index (Phi) is 42.9. The van der Waals surface area contributed by atoms with Crippen molar-refractivity contribution in [3.8, 4) is 11.5 Å². The van der Waals surface area contributed by atoms with Crippen molar-refractivity contribution in [1.29, 1.82) is 0 Å². The normalized spacial score (nSPS) is 13.8. The van der Waals surface area contributed by atoms with Crippen molar-refractivity contribution in [1.82, 2.24) is 44.4 Å². The van der Waals surface area contributed by atoms with Gasteiger partial charge in [0, 0.05) is 66.0 Å². The maximum absolute atomic E-state index is 11.1. The number of hydrogen-bond acceptors (Lipinski definition) is 16. The minimum Gasteiger partial charge on any atom is -0.502 e. The van der Waals surface area contributed by atoms with Gasteiger partial charge in [-0.05, 0) is 72.9 Å². The van der Waals surface area contributed by atoms with E-state index in [-0.39, 0.29) is 105 Å². The number of carbonyl (C=O) groups is 4. The predicted molar refractivity (Wildman–Crippen MR) is 305 cm³/mol. The second kappa shape index (κ2) is 38.6. The van der Waals surface area contributed by atoms with Gasteiger partial charge in [0.25, 0.3) is 5.56 Å². The molecule has 7 heterocycles. The van der Waals surface area contributed by atoms with Crippen LogP contribution in [-0.4, -0.2) is 179 Å². The van der Waals surface area contributed by atoms with Crippen LogP contribution in [0.3, 0.4) is 0 Å². The van der Waals surface area contributed by atoms with Crippen molar-refractivity contribution in [3.05, 3.63) is 78.8 Å². The average molecular weight is 1100 g/mol. The third-order valence-electron chi connectivity index (χ3n) is 9.26. The number of aromatic hydroxyl groups is 2. The predicted octanol–water partition coefficient (Wildman–Crippen LogP) is 7.57. The number of nitrogens with one attached hydrogen (secondary N) is 1. The third kappa shape index (κ3) is 23.9. The van der Waals surface area contributed by atoms with E-state index in [4.69, 9.17) is 59.1 Å². The van der Waals surface area contributed by atoms with Crippen molar-refractivity contribution in [2.75, 3.05) is 80.5 Å². The van der Waals surface area contributed by atoms with Crippen LogP contribution >= 0.6 is 48.9 Å². The highest BCUT2D eigenvalue weighted by molar-refractivity contribution is 7.82. The molecular weight excluding hydrogens is 1010 g/mol. The summed E-state index contributed by atoms with van der Waals surface area (Å²) in [6, 6.07) is 1.06. The zero-order valence-electron chi connectivity index (χ0n) is 38.2. The van der Waals surface area contributed by atoms with Gasteiger partial charge in [0.15, 0.2) is 21.7 Å². The van der Waals surface area contributed by atoms with Crippen LogP contribution < -0.4 is 16.4 Å². The molecule has 25 heteroatoms. The largest absolute Gasteiger partial charge is 0.502 e. The van der Waals surface area contributed by atoms with E-state index in [9.17, 15) is 33.6 Å². The number of nitrogens with zero attached hydrogens (tertiary/aromatic N) is 8. The van der Waals surface area contributed by atoms with Crippen LogP contribution in [0.15, 0.2) is 58.9 Å². The van der Waals surface area contributed by atoms with E-state index in [0.29, 0.717) is 46.6 Å². The van der Waals surface area contributed by atoms with Gasteiger partial charge in [0.05, 0.1) is 31.5 Å². The van der Waals surface area contributed by atoms with Crippen molar-refractivity contribution in [3.63, 3.8) is 0 Å². The molecule has 414 valence electrons. The molecule has 0 spiro atoms. The number of H-pyrrole nitrogens is 1. The van der Waals surface area contributed by atoms with Gasteiger partial charge < -0.3 is 48.1 Å². The second-order valence-corrected chi connectivity index (χ2v) is 15.5. The number of aromatic amines is 1. The first-order chi connectivity index (χ1) is 30.4. The summed E-state index contributed by atoms with van der Waals surface area (Å²) in [5, 5.41) is 21.0. The van der Waals surface area contributed by atoms with Gasteiger partial charge >= 0.3 is 12.1 Å². The summed E-state index contributed by atoms with van der Waals surface area (Å²) >= 11 is 20.1. The molecule has 0 aromatic carbocycles. The number of rotatable bonds is 4. The fourth-order valence-electron chi connectivity index (χ4n) is 4.93. The van der Waals surface area contributed by atoms with E-state index in [1.165, 1.54) is 40.3 Å². The summed E-state index contributed by atoms with van der Waals surface area (Å²) in [4.78, 5) is 90.2. The first kappa shape index (κ1) is 80.1. The summed E-state index contributed by atoms with van der Waals surface area (Å²) in [5.41, 5.74) is 0.0926. The minimum atomic E-state index is -0.404. The van der Waals surface area contributed by atoms with Crippen molar-refractivity contribution < 1.29 is 42.7 Å². The average Bonchev–Trinajstić information content (AvgIpc) is 4.01. The molecule has 0 atom stereocenters. The molecule has 0 bridgehead atoms. The Bertz CT molecular complexity index is 2170. The molecule has 4 fully saturated rings. The number of amides is 6. The summed E-state index contributed by atoms with van der Waals surface area (Å²) in [6.07, 6.45) is 4.71. The van der Waals surface area contributed by atoms with E-state index in [2.05, 4.69) is 30.3 Å². The molecule has 4 aliphatic heterocycles. The maximum Gasteiger partial charge on any atom is 0.326 e. The highest BCUT2D eigenvalue weighted by Crippen LogP contribution is 2.10. The van der Waals surface area contributed by atoms with Crippen LogP contribution in [0, 0.1) is 20.8 Å². The van der Waals surface area contributed by atoms with Gasteiger partial charge in [0.2, 0.25) is 22.7 Å². The smallest absolute Gasteiger partial charge is 0.326 e. The summed E-state index contributed by atoms with van der Waals surface area (Å²) < 4.78 is 13.7. The highest BCUT2D eigenvalue weighted by atomic mass is 32.1. The molecule has 3 N–H and O–H groups in total. The highest BCUT2D eigenvalue weighted by Gasteiger charge is 2.31. The molecule has 4 aliphatic rings. The number of aromatic nitrogens is 1. The number of imide groups is 1. The molecule has 0 radical (unpaired) electrons. The zero-order chi connectivity index (χ0) is 49.9. The molecule has 72 heavy (non-hydrogen) atoms.